The lowest BCUT2D eigenvalue weighted by atomic mass is 10.2. The van der Waals surface area contributed by atoms with Crippen LogP contribution in [0.5, 0.6) is 0 Å². The molecule has 6 heteroatoms. The summed E-state index contributed by atoms with van der Waals surface area (Å²) in [7, 11) is 1.63. The monoisotopic (exact) mass is 290 g/mol. The smallest absolute Gasteiger partial charge is 0.233 e. The third-order valence-electron chi connectivity index (χ3n) is 2.82. The number of nitrogens with one attached hydrogen (secondary N) is 2. The molecular weight excluding hydrogens is 272 g/mol. The van der Waals surface area contributed by atoms with Crippen molar-refractivity contribution in [3.05, 3.63) is 24.3 Å². The fraction of sp³-hybridized carbons (Fsp3) is 0.357. The molecule has 2 N–H and O–H groups in total. The second-order valence-electron chi connectivity index (χ2n) is 4.28. The maximum atomic E-state index is 11.6. The molecule has 106 valence electrons. The van der Waals surface area contributed by atoms with Crippen LogP contribution in [0.15, 0.2) is 29.4 Å². The Hall–Kier alpha value is -1.82. The van der Waals surface area contributed by atoms with Gasteiger partial charge in [0.2, 0.25) is 5.91 Å². The molecule has 0 spiro atoms. The average Bonchev–Trinajstić information content (AvgIpc) is 2.46. The minimum Gasteiger partial charge on any atom is -0.370 e. The van der Waals surface area contributed by atoms with E-state index in [4.69, 9.17) is 0 Å². The highest BCUT2D eigenvalue weighted by atomic mass is 32.2. The largest absolute Gasteiger partial charge is 0.370 e. The average molecular weight is 290 g/mol. The van der Waals surface area contributed by atoms with Crippen LogP contribution in [0.3, 0.4) is 0 Å². The van der Waals surface area contributed by atoms with E-state index in [1.807, 2.05) is 38.1 Å². The van der Waals surface area contributed by atoms with Crippen LogP contribution in [0, 0.1) is 0 Å². The first-order valence-electron chi connectivity index (χ1n) is 6.54. The number of anilines is 1. The highest BCUT2D eigenvalue weighted by molar-refractivity contribution is 8.00. The van der Waals surface area contributed by atoms with Gasteiger partial charge in [0.25, 0.3) is 0 Å². The molecule has 5 nitrogen and oxygen atoms in total. The number of carbonyl (C=O) groups is 1. The van der Waals surface area contributed by atoms with Gasteiger partial charge in [0.05, 0.1) is 10.8 Å². The van der Waals surface area contributed by atoms with Crippen molar-refractivity contribution in [1.29, 1.82) is 0 Å². The van der Waals surface area contributed by atoms with Crippen molar-refractivity contribution in [2.24, 2.45) is 0 Å². The van der Waals surface area contributed by atoms with Crippen molar-refractivity contribution < 1.29 is 4.79 Å². The number of hydrogen-bond donors (Lipinski definition) is 2. The first-order valence-corrected chi connectivity index (χ1v) is 7.42. The van der Waals surface area contributed by atoms with Crippen LogP contribution >= 0.6 is 11.8 Å². The Kier molecular flexibility index (Phi) is 4.79. The van der Waals surface area contributed by atoms with E-state index in [9.17, 15) is 4.79 Å². The van der Waals surface area contributed by atoms with Gasteiger partial charge in [-0.1, -0.05) is 23.9 Å². The summed E-state index contributed by atoms with van der Waals surface area (Å²) < 4.78 is 0. The number of rotatable bonds is 5. The molecule has 0 aliphatic heterocycles. The summed E-state index contributed by atoms with van der Waals surface area (Å²) in [5.74, 6) is 0.779. The highest BCUT2D eigenvalue weighted by Gasteiger charge is 2.16. The molecular formula is C14H18N4OS. The number of carbonyl (C=O) groups excluding carboxylic acids is 1. The minimum atomic E-state index is -0.226. The van der Waals surface area contributed by atoms with Crippen molar-refractivity contribution in [1.82, 2.24) is 15.3 Å². The molecule has 20 heavy (non-hydrogen) atoms. The van der Waals surface area contributed by atoms with E-state index in [2.05, 4.69) is 20.6 Å². The maximum absolute atomic E-state index is 11.6. The van der Waals surface area contributed by atoms with Crippen molar-refractivity contribution in [2.75, 3.05) is 18.9 Å². The first kappa shape index (κ1) is 14.6. The predicted molar refractivity (Wildman–Crippen MR) is 83.1 cm³/mol. The summed E-state index contributed by atoms with van der Waals surface area (Å²) in [4.78, 5) is 20.6. The zero-order chi connectivity index (χ0) is 14.5. The number of nitrogens with zero attached hydrogens (tertiary/aromatic N) is 2. The van der Waals surface area contributed by atoms with Gasteiger partial charge in [0, 0.05) is 19.0 Å². The molecule has 0 radical (unpaired) electrons. The van der Waals surface area contributed by atoms with E-state index in [0.717, 1.165) is 23.3 Å². The number of thioether (sulfide) groups is 1. The van der Waals surface area contributed by atoms with E-state index < -0.39 is 0 Å². The molecule has 2 rings (SSSR count). The van der Waals surface area contributed by atoms with E-state index >= 15 is 0 Å². The van der Waals surface area contributed by atoms with Gasteiger partial charge in [0.1, 0.15) is 5.82 Å². The molecule has 1 amide bonds. The van der Waals surface area contributed by atoms with Crippen LogP contribution in [-0.2, 0) is 4.79 Å². The van der Waals surface area contributed by atoms with Gasteiger partial charge in [-0.05, 0) is 26.0 Å². The van der Waals surface area contributed by atoms with E-state index in [1.54, 1.807) is 7.05 Å². The Morgan fingerprint density at radius 1 is 1.35 bits per heavy atom. The summed E-state index contributed by atoms with van der Waals surface area (Å²) in [5.41, 5.74) is 0.880. The molecule has 0 saturated heterocycles. The van der Waals surface area contributed by atoms with Gasteiger partial charge < -0.3 is 10.6 Å². The van der Waals surface area contributed by atoms with Crippen molar-refractivity contribution in [3.8, 4) is 0 Å². The van der Waals surface area contributed by atoms with Gasteiger partial charge in [-0.15, -0.1) is 0 Å². The van der Waals surface area contributed by atoms with Gasteiger partial charge in [0.15, 0.2) is 5.16 Å². The minimum absolute atomic E-state index is 0.0308. The Bertz CT molecular complexity index is 617. The Morgan fingerprint density at radius 2 is 2.10 bits per heavy atom. The fourth-order valence-electron chi connectivity index (χ4n) is 1.83. The Labute approximate surface area is 122 Å². The second-order valence-corrected chi connectivity index (χ2v) is 5.58. The molecule has 0 saturated carbocycles. The molecule has 0 aliphatic rings. The van der Waals surface area contributed by atoms with Gasteiger partial charge in [-0.3, -0.25) is 4.79 Å². The lowest BCUT2D eigenvalue weighted by Crippen LogP contribution is -2.27. The van der Waals surface area contributed by atoms with Crippen LogP contribution in [-0.4, -0.2) is 34.7 Å². The lowest BCUT2D eigenvalue weighted by Gasteiger charge is -2.11. The standard InChI is InChI=1S/C14H18N4OS/c1-4-16-12-10-7-5-6-8-11(10)17-14(18-12)20-9(2)13(19)15-3/h5-9H,4H2,1-3H3,(H,15,19)(H,16,17,18)/t9-/m1/s1. The summed E-state index contributed by atoms with van der Waals surface area (Å²) in [5, 5.41) is 7.25. The number of aromatic nitrogens is 2. The Balaban J connectivity index is 2.37. The number of hydrogen-bond acceptors (Lipinski definition) is 5. The summed E-state index contributed by atoms with van der Waals surface area (Å²) in [6.45, 7) is 4.65. The third-order valence-corrected chi connectivity index (χ3v) is 3.79. The maximum Gasteiger partial charge on any atom is 0.233 e. The molecule has 2 aromatic rings. The quantitative estimate of drug-likeness (QED) is 0.653. The summed E-state index contributed by atoms with van der Waals surface area (Å²) >= 11 is 1.36. The van der Waals surface area contributed by atoms with Crippen LogP contribution < -0.4 is 10.6 Å². The third kappa shape index (κ3) is 3.19. The van der Waals surface area contributed by atoms with Crippen molar-refractivity contribution in [2.45, 2.75) is 24.3 Å². The molecule has 1 heterocycles. The van der Waals surface area contributed by atoms with E-state index in [0.29, 0.717) is 5.16 Å². The highest BCUT2D eigenvalue weighted by Crippen LogP contribution is 2.26. The van der Waals surface area contributed by atoms with E-state index in [1.165, 1.54) is 11.8 Å². The summed E-state index contributed by atoms with van der Waals surface area (Å²) in [6.07, 6.45) is 0. The molecule has 1 aromatic heterocycles. The number of para-hydroxylation sites is 1. The molecule has 0 aliphatic carbocycles. The topological polar surface area (TPSA) is 66.9 Å². The van der Waals surface area contributed by atoms with Crippen LogP contribution in [0.2, 0.25) is 0 Å². The van der Waals surface area contributed by atoms with Gasteiger partial charge in [-0.25, -0.2) is 9.97 Å². The molecule has 0 unspecified atom stereocenters. The van der Waals surface area contributed by atoms with Gasteiger partial charge in [-0.2, -0.15) is 0 Å². The normalized spacial score (nSPS) is 12.2. The van der Waals surface area contributed by atoms with Crippen molar-refractivity contribution in [3.63, 3.8) is 0 Å². The molecule has 0 bridgehead atoms. The molecule has 0 fully saturated rings. The van der Waals surface area contributed by atoms with E-state index in [-0.39, 0.29) is 11.2 Å². The number of benzene rings is 1. The van der Waals surface area contributed by atoms with Crippen LogP contribution in [0.25, 0.3) is 10.9 Å². The first-order chi connectivity index (χ1) is 9.65. The zero-order valence-corrected chi connectivity index (χ0v) is 12.6. The van der Waals surface area contributed by atoms with Gasteiger partial charge >= 0.3 is 0 Å². The zero-order valence-electron chi connectivity index (χ0n) is 11.8. The Morgan fingerprint density at radius 3 is 2.80 bits per heavy atom. The second kappa shape index (κ2) is 6.56. The number of fused-ring (bicyclic) bond motifs is 1. The molecule has 1 atom stereocenters. The SMILES string of the molecule is CCNc1nc(S[C@H](C)C(=O)NC)nc2ccccc12. The fourth-order valence-corrected chi connectivity index (χ4v) is 2.66. The number of amides is 1. The summed E-state index contributed by atoms with van der Waals surface area (Å²) in [6, 6.07) is 7.85. The lowest BCUT2D eigenvalue weighted by molar-refractivity contribution is -0.119. The van der Waals surface area contributed by atoms with Crippen LogP contribution in [0.4, 0.5) is 5.82 Å². The predicted octanol–water partition coefficient (Wildman–Crippen LogP) is 2.29. The van der Waals surface area contributed by atoms with Crippen LogP contribution in [0.1, 0.15) is 13.8 Å². The van der Waals surface area contributed by atoms with Crippen molar-refractivity contribution >= 4 is 34.4 Å². The molecule has 1 aromatic carbocycles.